The summed E-state index contributed by atoms with van der Waals surface area (Å²) in [5, 5.41) is 4.47. The average molecular weight is 297 g/mol. The van der Waals surface area contributed by atoms with Gasteiger partial charge in [-0.25, -0.2) is 4.68 Å². The van der Waals surface area contributed by atoms with E-state index in [4.69, 9.17) is 17.3 Å². The Morgan fingerprint density at radius 3 is 2.95 bits per heavy atom. The third-order valence-corrected chi connectivity index (χ3v) is 5.12. The molecule has 0 spiro atoms. The van der Waals surface area contributed by atoms with Crippen molar-refractivity contribution in [2.75, 3.05) is 18.0 Å². The van der Waals surface area contributed by atoms with E-state index in [0.29, 0.717) is 18.4 Å². The van der Waals surface area contributed by atoms with Crippen LogP contribution in [0.15, 0.2) is 11.0 Å². The second-order valence-corrected chi connectivity index (χ2v) is 6.27. The van der Waals surface area contributed by atoms with Crippen LogP contribution in [0, 0.1) is 11.8 Å². The molecule has 3 unspecified atom stereocenters. The molecule has 1 aliphatic heterocycles. The smallest absolute Gasteiger partial charge is 0.287 e. The summed E-state index contributed by atoms with van der Waals surface area (Å²) in [5.41, 5.74) is 6.80. The fraction of sp³-hybridized carbons (Fsp3) is 0.714. The van der Waals surface area contributed by atoms with Crippen LogP contribution in [0.2, 0.25) is 5.02 Å². The Labute approximate surface area is 123 Å². The van der Waals surface area contributed by atoms with Crippen LogP contribution in [0.1, 0.15) is 26.2 Å². The van der Waals surface area contributed by atoms with Gasteiger partial charge in [-0.3, -0.25) is 4.79 Å². The minimum absolute atomic E-state index is 0.203. The third-order valence-electron chi connectivity index (χ3n) is 4.76. The Morgan fingerprint density at radius 1 is 1.45 bits per heavy atom. The van der Waals surface area contributed by atoms with Gasteiger partial charge in [0.25, 0.3) is 5.56 Å². The molecular weight excluding hydrogens is 276 g/mol. The van der Waals surface area contributed by atoms with Crippen LogP contribution < -0.4 is 16.2 Å². The molecule has 20 heavy (non-hydrogen) atoms. The van der Waals surface area contributed by atoms with Crippen molar-refractivity contribution >= 4 is 17.3 Å². The minimum Gasteiger partial charge on any atom is -0.368 e. The first-order valence-corrected chi connectivity index (χ1v) is 7.75. The molecule has 2 fully saturated rings. The van der Waals surface area contributed by atoms with E-state index in [1.165, 1.54) is 17.5 Å². The number of rotatable bonds is 2. The number of aryl methyl sites for hydroxylation is 1. The number of halogens is 1. The molecule has 0 radical (unpaired) electrons. The van der Waals surface area contributed by atoms with E-state index in [-0.39, 0.29) is 16.6 Å². The van der Waals surface area contributed by atoms with E-state index in [1.807, 2.05) is 6.92 Å². The normalized spacial score (nSPS) is 29.6. The lowest BCUT2D eigenvalue weighted by Gasteiger charge is -2.29. The predicted octanol–water partition coefficient (Wildman–Crippen LogP) is 1.48. The van der Waals surface area contributed by atoms with E-state index < -0.39 is 0 Å². The number of anilines is 1. The van der Waals surface area contributed by atoms with Crippen LogP contribution in [0.3, 0.4) is 0 Å². The highest BCUT2D eigenvalue weighted by Gasteiger charge is 2.39. The summed E-state index contributed by atoms with van der Waals surface area (Å²) < 4.78 is 1.39. The summed E-state index contributed by atoms with van der Waals surface area (Å²) in [4.78, 5) is 14.3. The average Bonchev–Trinajstić information content (AvgIpc) is 2.87. The maximum atomic E-state index is 12.1. The van der Waals surface area contributed by atoms with Gasteiger partial charge >= 0.3 is 0 Å². The topological polar surface area (TPSA) is 64.2 Å². The minimum atomic E-state index is -0.203. The van der Waals surface area contributed by atoms with Gasteiger partial charge in [0.05, 0.1) is 11.9 Å². The first-order chi connectivity index (χ1) is 9.61. The van der Waals surface area contributed by atoms with E-state index in [1.54, 1.807) is 6.20 Å². The highest BCUT2D eigenvalue weighted by Crippen LogP contribution is 2.38. The summed E-state index contributed by atoms with van der Waals surface area (Å²) in [7, 11) is 0. The number of fused-ring (bicyclic) bond motifs is 1. The lowest BCUT2D eigenvalue weighted by molar-refractivity contribution is 0.260. The molecule has 1 aromatic rings. The van der Waals surface area contributed by atoms with Crippen LogP contribution in [0.4, 0.5) is 5.69 Å². The zero-order valence-corrected chi connectivity index (χ0v) is 12.5. The van der Waals surface area contributed by atoms with E-state index in [9.17, 15) is 4.79 Å². The predicted molar refractivity (Wildman–Crippen MR) is 80.2 cm³/mol. The van der Waals surface area contributed by atoms with Crippen molar-refractivity contribution < 1.29 is 0 Å². The summed E-state index contributed by atoms with van der Waals surface area (Å²) >= 11 is 6.24. The summed E-state index contributed by atoms with van der Waals surface area (Å²) in [5.74, 6) is 1.15. The van der Waals surface area contributed by atoms with Gasteiger partial charge in [0, 0.05) is 25.7 Å². The Morgan fingerprint density at radius 2 is 2.25 bits per heavy atom. The molecule has 3 atom stereocenters. The molecule has 1 saturated heterocycles. The lowest BCUT2D eigenvalue weighted by atomic mass is 9.78. The quantitative estimate of drug-likeness (QED) is 0.898. The molecule has 1 aliphatic carbocycles. The molecular formula is C14H21ClN4O. The van der Waals surface area contributed by atoms with Gasteiger partial charge in [-0.05, 0) is 31.6 Å². The van der Waals surface area contributed by atoms with Crippen molar-refractivity contribution in [2.24, 2.45) is 17.6 Å². The van der Waals surface area contributed by atoms with Gasteiger partial charge in [-0.15, -0.1) is 0 Å². The first kappa shape index (κ1) is 13.9. The van der Waals surface area contributed by atoms with Gasteiger partial charge in [-0.1, -0.05) is 18.0 Å². The van der Waals surface area contributed by atoms with Crippen molar-refractivity contribution in [3.8, 4) is 0 Å². The molecule has 110 valence electrons. The van der Waals surface area contributed by atoms with Crippen molar-refractivity contribution in [3.63, 3.8) is 0 Å². The summed E-state index contributed by atoms with van der Waals surface area (Å²) in [6.45, 7) is 4.25. The maximum absolute atomic E-state index is 12.1. The lowest BCUT2D eigenvalue weighted by Crippen LogP contribution is -2.38. The molecule has 2 N–H and O–H groups in total. The second-order valence-electron chi connectivity index (χ2n) is 5.89. The van der Waals surface area contributed by atoms with Gasteiger partial charge in [0.1, 0.15) is 5.02 Å². The number of hydrogen-bond donors (Lipinski definition) is 1. The Kier molecular flexibility index (Phi) is 3.73. The number of nitrogens with two attached hydrogens (primary N) is 1. The van der Waals surface area contributed by atoms with Crippen molar-refractivity contribution in [1.82, 2.24) is 9.78 Å². The SMILES string of the molecule is CCn1ncc(N2CC3CCCC(N)C3C2)c(Cl)c1=O. The van der Waals surface area contributed by atoms with E-state index in [0.717, 1.165) is 25.2 Å². The standard InChI is InChI=1S/C14H21ClN4O/c1-2-19-14(20)13(15)12(6-17-19)18-7-9-4-3-5-11(16)10(9)8-18/h6,9-11H,2-5,7-8,16H2,1H3. The summed E-state index contributed by atoms with van der Waals surface area (Å²) in [6, 6.07) is 0.279. The highest BCUT2D eigenvalue weighted by atomic mass is 35.5. The molecule has 0 bridgehead atoms. The molecule has 5 nitrogen and oxygen atoms in total. The van der Waals surface area contributed by atoms with Gasteiger partial charge in [-0.2, -0.15) is 5.10 Å². The van der Waals surface area contributed by atoms with E-state index in [2.05, 4.69) is 10.00 Å². The molecule has 0 aromatic carbocycles. The monoisotopic (exact) mass is 296 g/mol. The molecule has 1 saturated carbocycles. The fourth-order valence-electron chi connectivity index (χ4n) is 3.62. The zero-order valence-electron chi connectivity index (χ0n) is 11.8. The van der Waals surface area contributed by atoms with Gasteiger partial charge < -0.3 is 10.6 Å². The number of nitrogens with zero attached hydrogens (tertiary/aromatic N) is 3. The summed E-state index contributed by atoms with van der Waals surface area (Å²) in [6.07, 6.45) is 5.26. The molecule has 2 aliphatic rings. The number of aromatic nitrogens is 2. The fourth-order valence-corrected chi connectivity index (χ4v) is 3.88. The Hall–Kier alpha value is -1.07. The molecule has 2 heterocycles. The molecule has 0 amide bonds. The molecule has 3 rings (SSSR count). The van der Waals surface area contributed by atoms with Crippen molar-refractivity contribution in [1.29, 1.82) is 0 Å². The molecule has 1 aromatic heterocycles. The first-order valence-electron chi connectivity index (χ1n) is 7.38. The van der Waals surface area contributed by atoms with Crippen molar-refractivity contribution in [2.45, 2.75) is 38.8 Å². The van der Waals surface area contributed by atoms with Gasteiger partial charge in [0.15, 0.2) is 0 Å². The Bertz CT molecular complexity index is 559. The van der Waals surface area contributed by atoms with Crippen LogP contribution >= 0.6 is 11.6 Å². The zero-order chi connectivity index (χ0) is 14.3. The maximum Gasteiger partial charge on any atom is 0.287 e. The Balaban J connectivity index is 1.88. The van der Waals surface area contributed by atoms with Crippen LogP contribution in [0.5, 0.6) is 0 Å². The van der Waals surface area contributed by atoms with E-state index >= 15 is 0 Å². The number of hydrogen-bond acceptors (Lipinski definition) is 4. The largest absolute Gasteiger partial charge is 0.368 e. The second kappa shape index (κ2) is 5.37. The van der Waals surface area contributed by atoms with Crippen LogP contribution in [-0.4, -0.2) is 28.9 Å². The van der Waals surface area contributed by atoms with Crippen LogP contribution in [-0.2, 0) is 6.54 Å². The van der Waals surface area contributed by atoms with Crippen molar-refractivity contribution in [3.05, 3.63) is 21.6 Å². The third kappa shape index (κ3) is 2.23. The molecule has 6 heteroatoms. The highest BCUT2D eigenvalue weighted by molar-refractivity contribution is 6.33. The van der Waals surface area contributed by atoms with Gasteiger partial charge in [0.2, 0.25) is 0 Å². The van der Waals surface area contributed by atoms with Crippen LogP contribution in [0.25, 0.3) is 0 Å².